The minimum absolute atomic E-state index is 0.221. The molecule has 2 heterocycles. The summed E-state index contributed by atoms with van der Waals surface area (Å²) >= 11 is 5.99. The molecular weight excluding hydrogens is 274 g/mol. The van der Waals surface area contributed by atoms with Crippen LogP contribution < -0.4 is 0 Å². The first kappa shape index (κ1) is 15.2. The lowest BCUT2D eigenvalue weighted by Crippen LogP contribution is -2.43. The van der Waals surface area contributed by atoms with E-state index in [-0.39, 0.29) is 11.3 Å². The van der Waals surface area contributed by atoms with E-state index in [9.17, 15) is 4.79 Å². The number of carbonyl (C=O) groups excluding carboxylic acids is 1. The third-order valence-electron chi connectivity index (χ3n) is 3.63. The summed E-state index contributed by atoms with van der Waals surface area (Å²) in [4.78, 5) is 23.0. The zero-order valence-electron chi connectivity index (χ0n) is 12.6. The molecule has 110 valence electrons. The number of aryl methyl sites for hydroxylation is 1. The van der Waals surface area contributed by atoms with Crippen molar-refractivity contribution in [3.8, 4) is 0 Å². The molecule has 0 N–H and O–H groups in total. The second-order valence-electron chi connectivity index (χ2n) is 6.51. The van der Waals surface area contributed by atoms with Gasteiger partial charge in [0.15, 0.2) is 0 Å². The fourth-order valence-corrected chi connectivity index (χ4v) is 2.79. The van der Waals surface area contributed by atoms with Crippen LogP contribution in [0.2, 0.25) is 5.15 Å². The average molecular weight is 296 g/mol. The van der Waals surface area contributed by atoms with Gasteiger partial charge in [0.1, 0.15) is 11.0 Å². The van der Waals surface area contributed by atoms with Crippen LogP contribution >= 0.6 is 11.6 Å². The lowest BCUT2D eigenvalue weighted by Gasteiger charge is -2.35. The van der Waals surface area contributed by atoms with Crippen LogP contribution in [0.5, 0.6) is 0 Å². The van der Waals surface area contributed by atoms with Crippen molar-refractivity contribution in [3.05, 3.63) is 22.7 Å². The maximum atomic E-state index is 12.2. The van der Waals surface area contributed by atoms with Crippen LogP contribution in [0, 0.1) is 12.3 Å². The highest BCUT2D eigenvalue weighted by Crippen LogP contribution is 2.29. The Morgan fingerprint density at radius 2 is 1.90 bits per heavy atom. The highest BCUT2D eigenvalue weighted by Gasteiger charge is 2.31. The lowest BCUT2D eigenvalue weighted by molar-refractivity contribution is -0.140. The first-order chi connectivity index (χ1) is 9.27. The van der Waals surface area contributed by atoms with Crippen molar-refractivity contribution in [2.75, 3.05) is 13.1 Å². The molecule has 0 spiro atoms. The number of halogens is 1. The molecule has 1 amide bonds. The number of likely N-dealkylation sites (tertiary alicyclic amines) is 1. The Labute approximate surface area is 125 Å². The molecule has 1 aliphatic rings. The average Bonchev–Trinajstić information content (AvgIpc) is 2.36. The van der Waals surface area contributed by atoms with Gasteiger partial charge in [0.25, 0.3) is 0 Å². The van der Waals surface area contributed by atoms with Crippen molar-refractivity contribution >= 4 is 17.5 Å². The van der Waals surface area contributed by atoms with E-state index in [1.165, 1.54) is 0 Å². The Kier molecular flexibility index (Phi) is 4.33. The van der Waals surface area contributed by atoms with E-state index >= 15 is 0 Å². The molecule has 1 fully saturated rings. The van der Waals surface area contributed by atoms with Crippen LogP contribution in [0.4, 0.5) is 0 Å². The molecular formula is C15H22ClN3O. The molecule has 0 aliphatic carbocycles. The summed E-state index contributed by atoms with van der Waals surface area (Å²) < 4.78 is 0. The second kappa shape index (κ2) is 5.68. The number of piperidine rings is 1. The molecule has 0 aromatic carbocycles. The Hall–Kier alpha value is -1.16. The SMILES string of the molecule is Cc1cc(Cl)nc(C2CCN(C(=O)C(C)(C)C)CC2)n1. The Bertz CT molecular complexity index is 482. The molecule has 0 bridgehead atoms. The summed E-state index contributed by atoms with van der Waals surface area (Å²) in [5.74, 6) is 1.34. The summed E-state index contributed by atoms with van der Waals surface area (Å²) in [7, 11) is 0. The highest BCUT2D eigenvalue weighted by molar-refractivity contribution is 6.29. The zero-order valence-corrected chi connectivity index (χ0v) is 13.4. The maximum absolute atomic E-state index is 12.2. The molecule has 20 heavy (non-hydrogen) atoms. The molecule has 0 atom stereocenters. The van der Waals surface area contributed by atoms with Gasteiger partial charge in [-0.2, -0.15) is 0 Å². The number of aromatic nitrogens is 2. The third-order valence-corrected chi connectivity index (χ3v) is 3.82. The number of carbonyl (C=O) groups is 1. The van der Waals surface area contributed by atoms with Gasteiger partial charge in [-0.1, -0.05) is 32.4 Å². The molecule has 0 radical (unpaired) electrons. The predicted molar refractivity (Wildman–Crippen MR) is 79.8 cm³/mol. The molecule has 5 heteroatoms. The number of amides is 1. The van der Waals surface area contributed by atoms with Gasteiger partial charge in [-0.05, 0) is 25.8 Å². The van der Waals surface area contributed by atoms with Crippen molar-refractivity contribution in [1.29, 1.82) is 0 Å². The summed E-state index contributed by atoms with van der Waals surface area (Å²) in [5.41, 5.74) is 0.587. The number of hydrogen-bond donors (Lipinski definition) is 0. The molecule has 0 unspecified atom stereocenters. The quantitative estimate of drug-likeness (QED) is 0.748. The molecule has 0 saturated carbocycles. The van der Waals surface area contributed by atoms with Gasteiger partial charge >= 0.3 is 0 Å². The fourth-order valence-electron chi connectivity index (χ4n) is 2.55. The summed E-state index contributed by atoms with van der Waals surface area (Å²) in [6.45, 7) is 9.36. The van der Waals surface area contributed by atoms with Crippen LogP contribution in [0.1, 0.15) is 51.0 Å². The van der Waals surface area contributed by atoms with E-state index in [1.54, 1.807) is 6.07 Å². The Balaban J connectivity index is 2.03. The predicted octanol–water partition coefficient (Wildman–Crippen LogP) is 3.19. The van der Waals surface area contributed by atoms with E-state index in [4.69, 9.17) is 11.6 Å². The minimum Gasteiger partial charge on any atom is -0.342 e. The first-order valence-corrected chi connectivity index (χ1v) is 7.45. The molecule has 1 aromatic rings. The number of nitrogens with zero attached hydrogens (tertiary/aromatic N) is 3. The van der Waals surface area contributed by atoms with Crippen LogP contribution in [0.25, 0.3) is 0 Å². The van der Waals surface area contributed by atoms with Crippen LogP contribution in [-0.4, -0.2) is 33.9 Å². The van der Waals surface area contributed by atoms with E-state index in [0.29, 0.717) is 11.1 Å². The molecule has 2 rings (SSSR count). The maximum Gasteiger partial charge on any atom is 0.227 e. The van der Waals surface area contributed by atoms with Crippen molar-refractivity contribution in [2.45, 2.75) is 46.5 Å². The zero-order chi connectivity index (χ0) is 14.9. The van der Waals surface area contributed by atoms with E-state index < -0.39 is 0 Å². The summed E-state index contributed by atoms with van der Waals surface area (Å²) in [5, 5.41) is 0.501. The lowest BCUT2D eigenvalue weighted by atomic mass is 9.90. The highest BCUT2D eigenvalue weighted by atomic mass is 35.5. The largest absolute Gasteiger partial charge is 0.342 e. The Morgan fingerprint density at radius 3 is 2.40 bits per heavy atom. The fraction of sp³-hybridized carbons (Fsp3) is 0.667. The van der Waals surface area contributed by atoms with Gasteiger partial charge in [-0.3, -0.25) is 4.79 Å². The number of rotatable bonds is 1. The molecule has 4 nitrogen and oxygen atoms in total. The first-order valence-electron chi connectivity index (χ1n) is 7.08. The standard InChI is InChI=1S/C15H22ClN3O/c1-10-9-12(16)18-13(17-10)11-5-7-19(8-6-11)14(20)15(2,3)4/h9,11H,5-8H2,1-4H3. The molecule has 1 aliphatic heterocycles. The van der Waals surface area contributed by atoms with E-state index in [1.807, 2.05) is 32.6 Å². The molecule has 1 aromatic heterocycles. The monoisotopic (exact) mass is 295 g/mol. The van der Waals surface area contributed by atoms with Crippen molar-refractivity contribution in [3.63, 3.8) is 0 Å². The Morgan fingerprint density at radius 1 is 1.30 bits per heavy atom. The van der Waals surface area contributed by atoms with Gasteiger partial charge in [-0.15, -0.1) is 0 Å². The van der Waals surface area contributed by atoms with Gasteiger partial charge in [0, 0.05) is 30.1 Å². The van der Waals surface area contributed by atoms with Crippen molar-refractivity contribution in [1.82, 2.24) is 14.9 Å². The summed E-state index contributed by atoms with van der Waals surface area (Å²) in [6.07, 6.45) is 1.81. The minimum atomic E-state index is -0.310. The van der Waals surface area contributed by atoms with E-state index in [0.717, 1.165) is 37.4 Å². The normalized spacial score (nSPS) is 17.4. The summed E-state index contributed by atoms with van der Waals surface area (Å²) in [6, 6.07) is 1.77. The third kappa shape index (κ3) is 3.48. The van der Waals surface area contributed by atoms with Gasteiger partial charge < -0.3 is 4.90 Å². The van der Waals surface area contributed by atoms with Gasteiger partial charge in [-0.25, -0.2) is 9.97 Å². The van der Waals surface area contributed by atoms with Crippen LogP contribution in [0.3, 0.4) is 0 Å². The van der Waals surface area contributed by atoms with Crippen molar-refractivity contribution in [2.24, 2.45) is 5.41 Å². The van der Waals surface area contributed by atoms with Crippen LogP contribution in [0.15, 0.2) is 6.07 Å². The molecule has 1 saturated heterocycles. The van der Waals surface area contributed by atoms with Gasteiger partial charge in [0.05, 0.1) is 0 Å². The van der Waals surface area contributed by atoms with Crippen LogP contribution in [-0.2, 0) is 4.79 Å². The second-order valence-corrected chi connectivity index (χ2v) is 6.89. The van der Waals surface area contributed by atoms with Crippen molar-refractivity contribution < 1.29 is 4.79 Å². The topological polar surface area (TPSA) is 46.1 Å². The smallest absolute Gasteiger partial charge is 0.227 e. The van der Waals surface area contributed by atoms with E-state index in [2.05, 4.69) is 9.97 Å². The number of hydrogen-bond acceptors (Lipinski definition) is 3. The van der Waals surface area contributed by atoms with Gasteiger partial charge in [0.2, 0.25) is 5.91 Å².